The molecule has 8 nitrogen and oxygen atoms in total. The van der Waals surface area contributed by atoms with Gasteiger partial charge in [-0.2, -0.15) is 8.42 Å². The average Bonchev–Trinajstić information content (AvgIpc) is 2.42. The first-order chi connectivity index (χ1) is 9.80. The molecule has 1 unspecified atom stereocenters. The molecule has 2 amide bonds. The van der Waals surface area contributed by atoms with Crippen LogP contribution in [0.2, 0.25) is 0 Å². The molecule has 1 aromatic carbocycles. The second-order valence-corrected chi connectivity index (χ2v) is 5.83. The first-order valence-electron chi connectivity index (χ1n) is 6.08. The van der Waals surface area contributed by atoms with Crippen molar-refractivity contribution in [1.29, 1.82) is 0 Å². The predicted molar refractivity (Wildman–Crippen MR) is 71.4 cm³/mol. The number of amides is 2. The first kappa shape index (κ1) is 15.3. The second-order valence-electron chi connectivity index (χ2n) is 4.54. The zero-order valence-corrected chi connectivity index (χ0v) is 11.9. The number of hydrogen-bond donors (Lipinski definition) is 2. The Kier molecular flexibility index (Phi) is 4.14. The van der Waals surface area contributed by atoms with Crippen LogP contribution in [0.5, 0.6) is 0 Å². The summed E-state index contributed by atoms with van der Waals surface area (Å²) in [5, 5.41) is 2.26. The van der Waals surface area contributed by atoms with Gasteiger partial charge in [0.05, 0.1) is 6.04 Å². The third kappa shape index (κ3) is 3.31. The van der Waals surface area contributed by atoms with Crippen LogP contribution in [0, 0.1) is 0 Å². The first-order valence-corrected chi connectivity index (χ1v) is 7.48. The highest BCUT2D eigenvalue weighted by molar-refractivity contribution is 7.84. The van der Waals surface area contributed by atoms with Gasteiger partial charge in [-0.3, -0.25) is 9.35 Å². The van der Waals surface area contributed by atoms with Crippen molar-refractivity contribution in [1.82, 2.24) is 9.62 Å². The summed E-state index contributed by atoms with van der Waals surface area (Å²) in [7, 11) is -4.60. The Labute approximate surface area is 121 Å². The van der Waals surface area contributed by atoms with Crippen LogP contribution in [0.4, 0.5) is 4.79 Å². The Bertz CT molecular complexity index is 645. The molecule has 1 heterocycles. The van der Waals surface area contributed by atoms with Gasteiger partial charge in [-0.15, -0.1) is 0 Å². The van der Waals surface area contributed by atoms with E-state index in [1.54, 1.807) is 24.3 Å². The number of hydrogen-bond acceptors (Lipinski definition) is 5. The summed E-state index contributed by atoms with van der Waals surface area (Å²) in [4.78, 5) is 23.1. The van der Waals surface area contributed by atoms with E-state index in [9.17, 15) is 18.0 Å². The molecule has 1 saturated heterocycles. The molecule has 1 aliphatic rings. The van der Waals surface area contributed by atoms with Crippen molar-refractivity contribution in [2.24, 2.45) is 0 Å². The molecule has 1 aromatic rings. The summed E-state index contributed by atoms with van der Waals surface area (Å²) in [6.07, 6.45) is -0.834. The number of alkyl carbamates (subject to hydrolysis) is 1. The molecule has 0 bridgehead atoms. The van der Waals surface area contributed by atoms with E-state index in [0.717, 1.165) is 5.56 Å². The van der Waals surface area contributed by atoms with E-state index in [1.165, 1.54) is 6.92 Å². The Morgan fingerprint density at radius 3 is 2.52 bits per heavy atom. The van der Waals surface area contributed by atoms with E-state index < -0.39 is 34.4 Å². The van der Waals surface area contributed by atoms with Crippen LogP contribution < -0.4 is 5.32 Å². The quantitative estimate of drug-likeness (QED) is 0.611. The molecule has 2 N–H and O–H groups in total. The lowest BCUT2D eigenvalue weighted by Crippen LogP contribution is -2.70. The van der Waals surface area contributed by atoms with Crippen LogP contribution >= 0.6 is 0 Å². The molecule has 9 heteroatoms. The molecule has 0 radical (unpaired) electrons. The lowest BCUT2D eigenvalue weighted by molar-refractivity contribution is -0.141. The van der Waals surface area contributed by atoms with E-state index in [4.69, 9.17) is 9.29 Å². The van der Waals surface area contributed by atoms with Crippen molar-refractivity contribution in [3.8, 4) is 0 Å². The third-order valence-corrected chi connectivity index (χ3v) is 4.08. The maximum atomic E-state index is 11.6. The number of ether oxygens (including phenoxy) is 1. The fraction of sp³-hybridized carbons (Fsp3) is 0.333. The highest BCUT2D eigenvalue weighted by atomic mass is 32.2. The molecular formula is C12H14N2O6S. The number of rotatable bonds is 4. The molecular weight excluding hydrogens is 300 g/mol. The van der Waals surface area contributed by atoms with Crippen LogP contribution in [-0.2, 0) is 26.4 Å². The van der Waals surface area contributed by atoms with Crippen molar-refractivity contribution in [3.63, 3.8) is 0 Å². The standard InChI is InChI=1S/C12H14N2O6S/c1-8-10(11(15)14(8)21(17,18)19)13-12(16)20-7-9-5-3-2-4-6-9/h2-6,8,10H,7H2,1H3,(H,13,16)(H,17,18,19)/t8?,10-/m0/s1. The molecule has 1 fully saturated rings. The van der Waals surface area contributed by atoms with Crippen LogP contribution in [0.3, 0.4) is 0 Å². The van der Waals surface area contributed by atoms with E-state index >= 15 is 0 Å². The predicted octanol–water partition coefficient (Wildman–Crippen LogP) is 0.315. The van der Waals surface area contributed by atoms with Crippen molar-refractivity contribution in [2.45, 2.75) is 25.6 Å². The molecule has 21 heavy (non-hydrogen) atoms. The van der Waals surface area contributed by atoms with Crippen LogP contribution in [-0.4, -0.2) is 41.4 Å². The zero-order chi connectivity index (χ0) is 15.6. The summed E-state index contributed by atoms with van der Waals surface area (Å²) >= 11 is 0. The van der Waals surface area contributed by atoms with Gasteiger partial charge in [-0.1, -0.05) is 30.3 Å². The number of β-lactam (4-membered cyclic amide) rings is 1. The number of nitrogens with zero attached hydrogens (tertiary/aromatic N) is 1. The van der Waals surface area contributed by atoms with E-state index in [-0.39, 0.29) is 6.61 Å². The van der Waals surface area contributed by atoms with Crippen LogP contribution in [0.15, 0.2) is 30.3 Å². The van der Waals surface area contributed by atoms with Crippen molar-refractivity contribution < 1.29 is 27.3 Å². The highest BCUT2D eigenvalue weighted by Crippen LogP contribution is 2.22. The molecule has 0 aromatic heterocycles. The van der Waals surface area contributed by atoms with Crippen molar-refractivity contribution >= 4 is 22.3 Å². The van der Waals surface area contributed by atoms with Gasteiger partial charge in [0.25, 0.3) is 5.91 Å². The van der Waals surface area contributed by atoms with E-state index in [1.807, 2.05) is 6.07 Å². The Balaban J connectivity index is 1.86. The van der Waals surface area contributed by atoms with Gasteiger partial charge in [-0.25, -0.2) is 9.10 Å². The molecule has 1 aliphatic heterocycles. The summed E-state index contributed by atoms with van der Waals surface area (Å²) in [6.45, 7) is 1.42. The maximum Gasteiger partial charge on any atom is 0.408 e. The van der Waals surface area contributed by atoms with Crippen LogP contribution in [0.1, 0.15) is 12.5 Å². The SMILES string of the molecule is CC1[C@H](NC(=O)OCc2ccccc2)C(=O)N1S(=O)(=O)O. The lowest BCUT2D eigenvalue weighted by atomic mass is 10.0. The number of benzene rings is 1. The van der Waals surface area contributed by atoms with Gasteiger partial charge >= 0.3 is 16.4 Å². The van der Waals surface area contributed by atoms with E-state index in [0.29, 0.717) is 4.31 Å². The Morgan fingerprint density at radius 1 is 1.38 bits per heavy atom. The zero-order valence-electron chi connectivity index (χ0n) is 11.1. The topological polar surface area (TPSA) is 113 Å². The van der Waals surface area contributed by atoms with Gasteiger partial charge in [0.1, 0.15) is 12.6 Å². The largest absolute Gasteiger partial charge is 0.445 e. The van der Waals surface area contributed by atoms with Gasteiger partial charge in [-0.05, 0) is 12.5 Å². The molecule has 2 atom stereocenters. The fourth-order valence-corrected chi connectivity index (χ4v) is 2.88. The minimum absolute atomic E-state index is 0.0317. The monoisotopic (exact) mass is 314 g/mol. The Morgan fingerprint density at radius 2 is 2.00 bits per heavy atom. The summed E-state index contributed by atoms with van der Waals surface area (Å²) < 4.78 is 35.8. The molecule has 0 saturated carbocycles. The Hall–Kier alpha value is -2.13. The summed E-state index contributed by atoms with van der Waals surface area (Å²) in [5.41, 5.74) is 0.778. The number of nitrogens with one attached hydrogen (secondary N) is 1. The minimum atomic E-state index is -4.60. The highest BCUT2D eigenvalue weighted by Gasteiger charge is 2.51. The molecule has 2 rings (SSSR count). The van der Waals surface area contributed by atoms with Crippen molar-refractivity contribution in [3.05, 3.63) is 35.9 Å². The van der Waals surface area contributed by atoms with E-state index in [2.05, 4.69) is 5.32 Å². The average molecular weight is 314 g/mol. The third-order valence-electron chi connectivity index (χ3n) is 3.07. The molecule has 0 spiro atoms. The summed E-state index contributed by atoms with van der Waals surface area (Å²) in [5.74, 6) is -0.901. The van der Waals surface area contributed by atoms with Crippen LogP contribution in [0.25, 0.3) is 0 Å². The van der Waals surface area contributed by atoms with Gasteiger partial charge in [0, 0.05) is 0 Å². The van der Waals surface area contributed by atoms with Crippen molar-refractivity contribution in [2.75, 3.05) is 0 Å². The normalized spacial score (nSPS) is 21.6. The minimum Gasteiger partial charge on any atom is -0.445 e. The van der Waals surface area contributed by atoms with Gasteiger partial charge in [0.15, 0.2) is 0 Å². The molecule has 114 valence electrons. The second kappa shape index (κ2) is 5.70. The summed E-state index contributed by atoms with van der Waals surface area (Å²) in [6, 6.07) is 7.04. The molecule has 0 aliphatic carbocycles. The van der Waals surface area contributed by atoms with Gasteiger partial charge in [0.2, 0.25) is 0 Å². The number of carbonyl (C=O) groups is 2. The fourth-order valence-electron chi connectivity index (χ4n) is 2.00. The number of carbonyl (C=O) groups excluding carboxylic acids is 2. The lowest BCUT2D eigenvalue weighted by Gasteiger charge is -2.41. The maximum absolute atomic E-state index is 11.6. The van der Waals surface area contributed by atoms with Gasteiger partial charge < -0.3 is 10.1 Å². The smallest absolute Gasteiger partial charge is 0.408 e.